The Morgan fingerprint density at radius 2 is 1.47 bits per heavy atom. The maximum absolute atomic E-state index is 12.8. The molecule has 1 aliphatic carbocycles. The molecule has 0 aromatic heterocycles. The van der Waals surface area contributed by atoms with Gasteiger partial charge in [0.1, 0.15) is 0 Å². The molecule has 0 bridgehead atoms. The summed E-state index contributed by atoms with van der Waals surface area (Å²) in [6.45, 7) is 0.433. The highest BCUT2D eigenvalue weighted by atomic mass is 16.2. The Kier molecular flexibility index (Phi) is 6.23. The number of anilines is 1. The van der Waals surface area contributed by atoms with Crippen LogP contribution in [0.3, 0.4) is 0 Å². The quantitative estimate of drug-likeness (QED) is 0.568. The fraction of sp³-hybridized carbons (Fsp3) is 0.231. The van der Waals surface area contributed by atoms with Crippen molar-refractivity contribution >= 4 is 17.5 Å². The summed E-state index contributed by atoms with van der Waals surface area (Å²) in [4.78, 5) is 24.7. The number of hydrogen-bond donors (Lipinski definition) is 2. The van der Waals surface area contributed by atoms with Gasteiger partial charge in [0.2, 0.25) is 11.8 Å². The van der Waals surface area contributed by atoms with Crippen molar-refractivity contribution in [3.05, 3.63) is 102 Å². The Bertz CT molecular complexity index is 958. The van der Waals surface area contributed by atoms with Crippen LogP contribution < -0.4 is 10.6 Å². The Morgan fingerprint density at radius 3 is 2.07 bits per heavy atom. The number of benzene rings is 3. The molecule has 2 amide bonds. The zero-order chi connectivity index (χ0) is 20.8. The maximum Gasteiger partial charge on any atom is 0.227 e. The summed E-state index contributed by atoms with van der Waals surface area (Å²) in [7, 11) is 0. The van der Waals surface area contributed by atoms with Gasteiger partial charge in [-0.05, 0) is 41.7 Å². The molecule has 152 valence electrons. The number of carbonyl (C=O) groups excluding carboxylic acids is 2. The minimum Gasteiger partial charge on any atom is -0.352 e. The van der Waals surface area contributed by atoms with Crippen molar-refractivity contribution in [3.8, 4) is 0 Å². The monoisotopic (exact) mass is 398 g/mol. The smallest absolute Gasteiger partial charge is 0.227 e. The zero-order valence-corrected chi connectivity index (χ0v) is 16.9. The summed E-state index contributed by atoms with van der Waals surface area (Å²) in [6, 6.07) is 27.9. The molecule has 0 atom stereocenters. The molecular formula is C26H26N2O2. The van der Waals surface area contributed by atoms with E-state index in [1.807, 2.05) is 60.7 Å². The molecule has 3 aromatic carbocycles. The fourth-order valence-corrected chi connectivity index (χ4v) is 3.61. The van der Waals surface area contributed by atoms with Crippen LogP contribution in [0, 0.1) is 5.92 Å². The second-order valence-corrected chi connectivity index (χ2v) is 7.82. The van der Waals surface area contributed by atoms with Crippen LogP contribution in [0.4, 0.5) is 5.69 Å². The topological polar surface area (TPSA) is 58.2 Å². The van der Waals surface area contributed by atoms with Crippen LogP contribution in [0.25, 0.3) is 0 Å². The van der Waals surface area contributed by atoms with Crippen LogP contribution in [0.5, 0.6) is 0 Å². The lowest BCUT2D eigenvalue weighted by molar-refractivity contribution is -0.121. The van der Waals surface area contributed by atoms with Crippen molar-refractivity contribution < 1.29 is 9.59 Å². The third-order valence-corrected chi connectivity index (χ3v) is 5.43. The third kappa shape index (κ3) is 5.35. The summed E-state index contributed by atoms with van der Waals surface area (Å²) in [5.41, 5.74) is 4.00. The van der Waals surface area contributed by atoms with E-state index in [1.165, 1.54) is 0 Å². The molecule has 1 fully saturated rings. The van der Waals surface area contributed by atoms with Crippen molar-refractivity contribution in [1.82, 2.24) is 5.32 Å². The highest BCUT2D eigenvalue weighted by Gasteiger charge is 2.29. The van der Waals surface area contributed by atoms with Gasteiger partial charge in [-0.15, -0.1) is 0 Å². The van der Waals surface area contributed by atoms with E-state index in [-0.39, 0.29) is 23.7 Å². The van der Waals surface area contributed by atoms with E-state index in [4.69, 9.17) is 0 Å². The largest absolute Gasteiger partial charge is 0.352 e. The van der Waals surface area contributed by atoms with Gasteiger partial charge in [0, 0.05) is 30.5 Å². The third-order valence-electron chi connectivity index (χ3n) is 5.43. The van der Waals surface area contributed by atoms with Crippen molar-refractivity contribution in [2.24, 2.45) is 5.92 Å². The lowest BCUT2D eigenvalue weighted by atomic mass is 9.88. The molecule has 4 rings (SSSR count). The number of hydrogen-bond acceptors (Lipinski definition) is 2. The van der Waals surface area contributed by atoms with E-state index in [0.717, 1.165) is 35.2 Å². The Balaban J connectivity index is 1.39. The Morgan fingerprint density at radius 1 is 0.833 bits per heavy atom. The van der Waals surface area contributed by atoms with Gasteiger partial charge in [0.05, 0.1) is 0 Å². The fourth-order valence-electron chi connectivity index (χ4n) is 3.61. The molecule has 0 heterocycles. The molecule has 1 saturated carbocycles. The highest BCUT2D eigenvalue weighted by molar-refractivity contribution is 5.94. The first kappa shape index (κ1) is 19.9. The SMILES string of the molecule is O=C(CC(c1ccccc1)c1ccccc1)NCc1cccc(NC(=O)C2CC2)c1. The predicted molar refractivity (Wildman–Crippen MR) is 119 cm³/mol. The summed E-state index contributed by atoms with van der Waals surface area (Å²) in [5, 5.41) is 5.99. The Hall–Kier alpha value is -3.40. The first-order valence-corrected chi connectivity index (χ1v) is 10.5. The lowest BCUT2D eigenvalue weighted by Crippen LogP contribution is -2.25. The zero-order valence-electron chi connectivity index (χ0n) is 16.9. The lowest BCUT2D eigenvalue weighted by Gasteiger charge is -2.18. The van der Waals surface area contributed by atoms with E-state index in [2.05, 4.69) is 34.9 Å². The first-order valence-electron chi connectivity index (χ1n) is 10.5. The van der Waals surface area contributed by atoms with Gasteiger partial charge in [-0.2, -0.15) is 0 Å². The Labute approximate surface area is 177 Å². The van der Waals surface area contributed by atoms with Crippen LogP contribution in [-0.4, -0.2) is 11.8 Å². The van der Waals surface area contributed by atoms with E-state index in [1.54, 1.807) is 0 Å². The van der Waals surface area contributed by atoms with Gasteiger partial charge in [0.15, 0.2) is 0 Å². The molecule has 4 heteroatoms. The number of nitrogens with one attached hydrogen (secondary N) is 2. The van der Waals surface area contributed by atoms with Crippen molar-refractivity contribution in [2.75, 3.05) is 5.32 Å². The first-order chi connectivity index (χ1) is 14.7. The average molecular weight is 399 g/mol. The molecule has 1 aliphatic rings. The van der Waals surface area contributed by atoms with Crippen molar-refractivity contribution in [2.45, 2.75) is 31.7 Å². The van der Waals surface area contributed by atoms with E-state index in [9.17, 15) is 9.59 Å². The van der Waals surface area contributed by atoms with Gasteiger partial charge < -0.3 is 10.6 Å². The van der Waals surface area contributed by atoms with Gasteiger partial charge in [-0.3, -0.25) is 9.59 Å². The van der Waals surface area contributed by atoms with Crippen molar-refractivity contribution in [3.63, 3.8) is 0 Å². The molecule has 0 aliphatic heterocycles. The van der Waals surface area contributed by atoms with Crippen LogP contribution in [0.1, 0.15) is 41.9 Å². The molecule has 4 nitrogen and oxygen atoms in total. The molecule has 0 saturated heterocycles. The minimum absolute atomic E-state index is 0.000116. The number of amides is 2. The summed E-state index contributed by atoms with van der Waals surface area (Å²) in [6.07, 6.45) is 2.34. The summed E-state index contributed by atoms with van der Waals surface area (Å²) < 4.78 is 0. The van der Waals surface area contributed by atoms with E-state index >= 15 is 0 Å². The average Bonchev–Trinajstić information content (AvgIpc) is 3.63. The van der Waals surface area contributed by atoms with Gasteiger partial charge >= 0.3 is 0 Å². The normalized spacial score (nSPS) is 13.1. The summed E-state index contributed by atoms with van der Waals surface area (Å²) >= 11 is 0. The van der Waals surface area contributed by atoms with Gasteiger partial charge in [-0.25, -0.2) is 0 Å². The minimum atomic E-state index is 0.000116. The standard InChI is InChI=1S/C26H26N2O2/c29-25(17-24(20-9-3-1-4-10-20)21-11-5-2-6-12-21)27-18-19-8-7-13-23(16-19)28-26(30)22-14-15-22/h1-13,16,22,24H,14-15,17-18H2,(H,27,29)(H,28,30). The van der Waals surface area contributed by atoms with Crippen LogP contribution in [0.15, 0.2) is 84.9 Å². The van der Waals surface area contributed by atoms with E-state index in [0.29, 0.717) is 13.0 Å². The molecule has 2 N–H and O–H groups in total. The van der Waals surface area contributed by atoms with Crippen LogP contribution in [0.2, 0.25) is 0 Å². The van der Waals surface area contributed by atoms with Gasteiger partial charge in [-0.1, -0.05) is 72.8 Å². The van der Waals surface area contributed by atoms with Crippen LogP contribution in [-0.2, 0) is 16.1 Å². The molecular weight excluding hydrogens is 372 g/mol. The molecule has 0 radical (unpaired) electrons. The second-order valence-electron chi connectivity index (χ2n) is 7.82. The molecule has 30 heavy (non-hydrogen) atoms. The maximum atomic E-state index is 12.8. The van der Waals surface area contributed by atoms with Crippen LogP contribution >= 0.6 is 0 Å². The predicted octanol–water partition coefficient (Wildman–Crippen LogP) is 4.87. The number of rotatable bonds is 8. The summed E-state index contributed by atoms with van der Waals surface area (Å²) in [5.74, 6) is 0.266. The molecule has 0 spiro atoms. The van der Waals surface area contributed by atoms with Crippen molar-refractivity contribution in [1.29, 1.82) is 0 Å². The second kappa shape index (κ2) is 9.40. The highest BCUT2D eigenvalue weighted by Crippen LogP contribution is 2.30. The molecule has 3 aromatic rings. The van der Waals surface area contributed by atoms with Gasteiger partial charge in [0.25, 0.3) is 0 Å². The van der Waals surface area contributed by atoms with E-state index < -0.39 is 0 Å². The molecule has 0 unspecified atom stereocenters. The number of carbonyl (C=O) groups is 2.